The molecule has 0 atom stereocenters. The maximum Gasteiger partial charge on any atom is 0.257 e. The van der Waals surface area contributed by atoms with Crippen LogP contribution in [-0.2, 0) is 16.6 Å². The molecular weight excluding hydrogens is 226 g/mol. The Labute approximate surface area is 93.6 Å². The van der Waals surface area contributed by atoms with Crippen LogP contribution >= 0.6 is 0 Å². The minimum Gasteiger partial charge on any atom is -0.266 e. The summed E-state index contributed by atoms with van der Waals surface area (Å²) in [5.74, 6) is 0. The zero-order valence-corrected chi connectivity index (χ0v) is 9.24. The number of aromatic amines is 1. The number of nitrogens with zero attached hydrogens (tertiary/aromatic N) is 1. The number of sulfonamides is 1. The highest BCUT2D eigenvalue weighted by atomic mass is 32.2. The van der Waals surface area contributed by atoms with Gasteiger partial charge in [-0.05, 0) is 11.6 Å². The van der Waals surface area contributed by atoms with E-state index in [1.165, 1.54) is 12.3 Å². The topological polar surface area (TPSA) is 74.8 Å². The Morgan fingerprint density at radius 3 is 2.56 bits per heavy atom. The summed E-state index contributed by atoms with van der Waals surface area (Å²) in [6, 6.07) is 10.7. The molecule has 0 aliphatic heterocycles. The second-order valence-corrected chi connectivity index (χ2v) is 4.97. The van der Waals surface area contributed by atoms with Crippen LogP contribution in [0.15, 0.2) is 47.6 Å². The monoisotopic (exact) mass is 237 g/mol. The molecule has 0 spiro atoms. The summed E-state index contributed by atoms with van der Waals surface area (Å²) in [7, 11) is -3.48. The summed E-state index contributed by atoms with van der Waals surface area (Å²) in [5.41, 5.74) is 0.908. The smallest absolute Gasteiger partial charge is 0.257 e. The number of aromatic nitrogens is 2. The Balaban J connectivity index is 2.07. The van der Waals surface area contributed by atoms with E-state index in [-0.39, 0.29) is 11.6 Å². The number of hydrogen-bond acceptors (Lipinski definition) is 3. The minimum atomic E-state index is -3.48. The van der Waals surface area contributed by atoms with Crippen LogP contribution in [0.2, 0.25) is 0 Å². The summed E-state index contributed by atoms with van der Waals surface area (Å²) < 4.78 is 25.8. The molecule has 2 rings (SSSR count). The van der Waals surface area contributed by atoms with Crippen LogP contribution in [0.3, 0.4) is 0 Å². The first-order valence-corrected chi connectivity index (χ1v) is 6.20. The van der Waals surface area contributed by atoms with Gasteiger partial charge in [0.05, 0.1) is 6.20 Å². The average molecular weight is 237 g/mol. The van der Waals surface area contributed by atoms with E-state index in [1.54, 1.807) is 0 Å². The lowest BCUT2D eigenvalue weighted by atomic mass is 10.2. The molecule has 84 valence electrons. The molecule has 0 amide bonds. The third-order valence-corrected chi connectivity index (χ3v) is 3.40. The van der Waals surface area contributed by atoms with Gasteiger partial charge in [0.15, 0.2) is 5.03 Å². The molecule has 0 bridgehead atoms. The molecule has 0 fully saturated rings. The molecular formula is C10H11N3O2S. The molecule has 1 aromatic carbocycles. The first kappa shape index (κ1) is 10.8. The Bertz CT molecular complexity index is 535. The fourth-order valence-electron chi connectivity index (χ4n) is 1.24. The summed E-state index contributed by atoms with van der Waals surface area (Å²) in [5, 5.41) is 6.09. The molecule has 1 aromatic heterocycles. The van der Waals surface area contributed by atoms with Gasteiger partial charge in [-0.3, -0.25) is 5.10 Å². The third-order valence-electron chi connectivity index (χ3n) is 2.07. The Hall–Kier alpha value is -1.66. The highest BCUT2D eigenvalue weighted by molar-refractivity contribution is 7.89. The van der Waals surface area contributed by atoms with Gasteiger partial charge < -0.3 is 0 Å². The van der Waals surface area contributed by atoms with Crippen molar-refractivity contribution in [2.24, 2.45) is 0 Å². The van der Waals surface area contributed by atoms with E-state index in [2.05, 4.69) is 14.9 Å². The molecule has 2 N–H and O–H groups in total. The summed E-state index contributed by atoms with van der Waals surface area (Å²) >= 11 is 0. The van der Waals surface area contributed by atoms with Crippen molar-refractivity contribution in [1.82, 2.24) is 14.9 Å². The predicted molar refractivity (Wildman–Crippen MR) is 59.1 cm³/mol. The molecule has 0 aliphatic carbocycles. The number of H-pyrrole nitrogens is 1. The van der Waals surface area contributed by atoms with Gasteiger partial charge in [-0.1, -0.05) is 30.3 Å². The fourth-order valence-corrected chi connectivity index (χ4v) is 2.17. The van der Waals surface area contributed by atoms with Crippen molar-refractivity contribution in [2.45, 2.75) is 11.6 Å². The van der Waals surface area contributed by atoms with Gasteiger partial charge in [0.1, 0.15) is 0 Å². The zero-order valence-electron chi connectivity index (χ0n) is 8.42. The van der Waals surface area contributed by atoms with Crippen LogP contribution < -0.4 is 4.72 Å². The van der Waals surface area contributed by atoms with Crippen molar-refractivity contribution in [3.05, 3.63) is 48.2 Å². The van der Waals surface area contributed by atoms with Crippen LogP contribution in [0.5, 0.6) is 0 Å². The van der Waals surface area contributed by atoms with Crippen molar-refractivity contribution >= 4 is 10.0 Å². The minimum absolute atomic E-state index is 0.0726. The zero-order chi connectivity index (χ0) is 11.4. The lowest BCUT2D eigenvalue weighted by Crippen LogP contribution is -2.23. The standard InChI is InChI=1S/C10H11N3O2S/c14-16(15,10-6-7-11-13-10)12-8-9-4-2-1-3-5-9/h1-7,12H,8H2,(H,11,13). The average Bonchev–Trinajstić information content (AvgIpc) is 2.82. The van der Waals surface area contributed by atoms with E-state index < -0.39 is 10.0 Å². The van der Waals surface area contributed by atoms with E-state index in [1.807, 2.05) is 30.3 Å². The largest absolute Gasteiger partial charge is 0.266 e. The van der Waals surface area contributed by atoms with Crippen LogP contribution in [0.25, 0.3) is 0 Å². The molecule has 0 aliphatic rings. The lowest BCUT2D eigenvalue weighted by Gasteiger charge is -2.04. The van der Waals surface area contributed by atoms with Crippen LogP contribution in [0.1, 0.15) is 5.56 Å². The van der Waals surface area contributed by atoms with Crippen molar-refractivity contribution in [2.75, 3.05) is 0 Å². The van der Waals surface area contributed by atoms with Gasteiger partial charge >= 0.3 is 0 Å². The van der Waals surface area contributed by atoms with Gasteiger partial charge in [0.2, 0.25) is 0 Å². The third kappa shape index (κ3) is 2.47. The summed E-state index contributed by atoms with van der Waals surface area (Å²) in [6.45, 7) is 0.266. The van der Waals surface area contributed by atoms with Crippen molar-refractivity contribution in [1.29, 1.82) is 0 Å². The Kier molecular flexibility index (Phi) is 3.02. The van der Waals surface area contributed by atoms with Gasteiger partial charge in [-0.25, -0.2) is 13.1 Å². The molecule has 2 aromatic rings. The Morgan fingerprint density at radius 1 is 1.19 bits per heavy atom. The van der Waals surface area contributed by atoms with Crippen LogP contribution in [0.4, 0.5) is 0 Å². The van der Waals surface area contributed by atoms with E-state index in [0.29, 0.717) is 0 Å². The number of hydrogen-bond donors (Lipinski definition) is 2. The fraction of sp³-hybridized carbons (Fsp3) is 0.100. The van der Waals surface area contributed by atoms with E-state index in [9.17, 15) is 8.42 Å². The van der Waals surface area contributed by atoms with Gasteiger partial charge in [0.25, 0.3) is 10.0 Å². The van der Waals surface area contributed by atoms with Gasteiger partial charge in [0, 0.05) is 6.54 Å². The van der Waals surface area contributed by atoms with Gasteiger partial charge in [-0.15, -0.1) is 0 Å². The highest BCUT2D eigenvalue weighted by Gasteiger charge is 2.14. The maximum absolute atomic E-state index is 11.7. The Morgan fingerprint density at radius 2 is 1.94 bits per heavy atom. The van der Waals surface area contributed by atoms with Crippen molar-refractivity contribution in [3.8, 4) is 0 Å². The van der Waals surface area contributed by atoms with E-state index in [4.69, 9.17) is 0 Å². The molecule has 1 heterocycles. The second-order valence-electron chi connectivity index (χ2n) is 3.23. The maximum atomic E-state index is 11.7. The number of benzene rings is 1. The first-order chi connectivity index (χ1) is 7.68. The summed E-state index contributed by atoms with van der Waals surface area (Å²) in [6.07, 6.45) is 1.40. The molecule has 16 heavy (non-hydrogen) atoms. The normalized spacial score (nSPS) is 11.5. The van der Waals surface area contributed by atoms with E-state index >= 15 is 0 Å². The SMILES string of the molecule is O=S(=O)(NCc1ccccc1)c1ccn[nH]1. The van der Waals surface area contributed by atoms with Crippen LogP contribution in [0, 0.1) is 0 Å². The molecule has 0 saturated carbocycles. The first-order valence-electron chi connectivity index (χ1n) is 4.71. The number of nitrogens with one attached hydrogen (secondary N) is 2. The predicted octanol–water partition coefficient (Wildman–Crippen LogP) is 0.888. The quantitative estimate of drug-likeness (QED) is 0.829. The molecule has 0 radical (unpaired) electrons. The lowest BCUT2D eigenvalue weighted by molar-refractivity contribution is 0.577. The van der Waals surface area contributed by atoms with Crippen LogP contribution in [-0.4, -0.2) is 18.6 Å². The van der Waals surface area contributed by atoms with E-state index in [0.717, 1.165) is 5.56 Å². The van der Waals surface area contributed by atoms with Crippen molar-refractivity contribution < 1.29 is 8.42 Å². The highest BCUT2D eigenvalue weighted by Crippen LogP contribution is 2.04. The van der Waals surface area contributed by atoms with Crippen molar-refractivity contribution in [3.63, 3.8) is 0 Å². The number of rotatable bonds is 4. The second kappa shape index (κ2) is 4.46. The summed E-state index contributed by atoms with van der Waals surface area (Å²) in [4.78, 5) is 0. The molecule has 6 heteroatoms. The molecule has 0 saturated heterocycles. The van der Waals surface area contributed by atoms with Gasteiger partial charge in [-0.2, -0.15) is 5.10 Å². The molecule has 0 unspecified atom stereocenters. The molecule has 5 nitrogen and oxygen atoms in total.